The van der Waals surface area contributed by atoms with Crippen molar-refractivity contribution in [3.63, 3.8) is 0 Å². The van der Waals surface area contributed by atoms with Gasteiger partial charge in [0.25, 0.3) is 0 Å². The molecule has 0 atom stereocenters. The van der Waals surface area contributed by atoms with E-state index in [2.05, 4.69) is 10.3 Å². The van der Waals surface area contributed by atoms with Crippen LogP contribution in [-0.2, 0) is 11.3 Å². The largest absolute Gasteiger partial charge is 0.324 e. The molecule has 2 heterocycles. The van der Waals surface area contributed by atoms with Crippen LogP contribution in [0.25, 0.3) is 10.7 Å². The smallest absolute Gasteiger partial charge is 0.244 e. The number of rotatable bonds is 4. The molecule has 0 aliphatic rings. The average Bonchev–Trinajstić information content (AvgIpc) is 3.08. The first-order valence-electron chi connectivity index (χ1n) is 6.33. The fourth-order valence-electron chi connectivity index (χ4n) is 1.99. The van der Waals surface area contributed by atoms with Crippen LogP contribution >= 0.6 is 11.3 Å². The van der Waals surface area contributed by atoms with Gasteiger partial charge in [-0.3, -0.25) is 4.79 Å². The van der Waals surface area contributed by atoms with Crippen molar-refractivity contribution in [2.75, 3.05) is 5.32 Å². The monoisotopic (exact) mass is 301 g/mol. The summed E-state index contributed by atoms with van der Waals surface area (Å²) in [6.07, 6.45) is 3.41. The van der Waals surface area contributed by atoms with Gasteiger partial charge >= 0.3 is 0 Å². The van der Waals surface area contributed by atoms with Gasteiger partial charge in [-0.25, -0.2) is 9.37 Å². The minimum Gasteiger partial charge on any atom is -0.324 e. The highest BCUT2D eigenvalue weighted by molar-refractivity contribution is 7.13. The van der Waals surface area contributed by atoms with Gasteiger partial charge in [-0.05, 0) is 29.6 Å². The first-order chi connectivity index (χ1) is 10.2. The molecule has 0 aliphatic carbocycles. The molecule has 0 bridgehead atoms. The molecule has 6 heteroatoms. The first kappa shape index (κ1) is 13.5. The molecule has 106 valence electrons. The Hall–Kier alpha value is -2.47. The number of anilines is 1. The lowest BCUT2D eigenvalue weighted by atomic mass is 10.3. The van der Waals surface area contributed by atoms with Gasteiger partial charge in [0.15, 0.2) is 0 Å². The lowest BCUT2D eigenvalue weighted by Crippen LogP contribution is -2.18. The number of thiophene rings is 1. The van der Waals surface area contributed by atoms with Crippen LogP contribution in [0.15, 0.2) is 54.2 Å². The Morgan fingerprint density at radius 3 is 3.00 bits per heavy atom. The van der Waals surface area contributed by atoms with E-state index in [4.69, 9.17) is 0 Å². The fraction of sp³-hybridized carbons (Fsp3) is 0.0667. The Kier molecular flexibility index (Phi) is 3.79. The molecule has 0 spiro atoms. The molecule has 4 nitrogen and oxygen atoms in total. The zero-order valence-electron chi connectivity index (χ0n) is 11.0. The molecule has 1 aromatic carbocycles. The topological polar surface area (TPSA) is 46.9 Å². The van der Waals surface area contributed by atoms with Crippen molar-refractivity contribution in [2.24, 2.45) is 0 Å². The fourth-order valence-corrected chi connectivity index (χ4v) is 2.73. The molecular formula is C15H12FN3OS. The molecule has 0 aliphatic heterocycles. The van der Waals surface area contributed by atoms with Gasteiger partial charge < -0.3 is 9.88 Å². The van der Waals surface area contributed by atoms with Gasteiger partial charge in [-0.15, -0.1) is 11.3 Å². The summed E-state index contributed by atoms with van der Waals surface area (Å²) in [5.74, 6) is 0.144. The molecule has 0 saturated heterocycles. The summed E-state index contributed by atoms with van der Waals surface area (Å²) in [4.78, 5) is 17.3. The van der Waals surface area contributed by atoms with E-state index in [1.807, 2.05) is 17.5 Å². The van der Waals surface area contributed by atoms with Gasteiger partial charge in [0.05, 0.1) is 4.88 Å². The molecule has 0 saturated carbocycles. The molecule has 2 aromatic heterocycles. The number of imidazole rings is 1. The molecular weight excluding hydrogens is 289 g/mol. The average molecular weight is 301 g/mol. The second-order valence-corrected chi connectivity index (χ2v) is 5.36. The maximum absolute atomic E-state index is 13.1. The molecule has 0 fully saturated rings. The first-order valence-corrected chi connectivity index (χ1v) is 7.21. The number of carbonyl (C=O) groups is 1. The lowest BCUT2D eigenvalue weighted by molar-refractivity contribution is -0.116. The van der Waals surface area contributed by atoms with Gasteiger partial charge in [-0.2, -0.15) is 0 Å². The maximum Gasteiger partial charge on any atom is 0.244 e. The summed E-state index contributed by atoms with van der Waals surface area (Å²) < 4.78 is 14.8. The minimum atomic E-state index is -0.380. The minimum absolute atomic E-state index is 0.129. The second-order valence-electron chi connectivity index (χ2n) is 4.41. The van der Waals surface area contributed by atoms with Crippen LogP contribution in [0.3, 0.4) is 0 Å². The van der Waals surface area contributed by atoms with Crippen molar-refractivity contribution in [1.29, 1.82) is 0 Å². The van der Waals surface area contributed by atoms with E-state index in [1.54, 1.807) is 40.4 Å². The van der Waals surface area contributed by atoms with E-state index in [1.165, 1.54) is 12.1 Å². The van der Waals surface area contributed by atoms with Gasteiger partial charge in [0.2, 0.25) is 5.91 Å². The van der Waals surface area contributed by atoms with E-state index in [0.717, 1.165) is 10.7 Å². The van der Waals surface area contributed by atoms with Crippen molar-refractivity contribution in [1.82, 2.24) is 9.55 Å². The zero-order valence-corrected chi connectivity index (χ0v) is 11.8. The predicted octanol–water partition coefficient (Wildman–Crippen LogP) is 3.39. The third kappa shape index (κ3) is 3.17. The summed E-state index contributed by atoms with van der Waals surface area (Å²) in [6, 6.07) is 9.71. The summed E-state index contributed by atoms with van der Waals surface area (Å²) in [5.41, 5.74) is 0.442. The van der Waals surface area contributed by atoms with E-state index in [0.29, 0.717) is 5.69 Å². The second kappa shape index (κ2) is 5.88. The van der Waals surface area contributed by atoms with Crippen LogP contribution in [0.4, 0.5) is 10.1 Å². The number of carbonyl (C=O) groups excluding carboxylic acids is 1. The van der Waals surface area contributed by atoms with Crippen molar-refractivity contribution in [3.8, 4) is 10.7 Å². The highest BCUT2D eigenvalue weighted by Gasteiger charge is 2.10. The highest BCUT2D eigenvalue weighted by Crippen LogP contribution is 2.22. The predicted molar refractivity (Wildman–Crippen MR) is 80.6 cm³/mol. The molecule has 0 radical (unpaired) electrons. The normalized spacial score (nSPS) is 10.5. The molecule has 21 heavy (non-hydrogen) atoms. The molecule has 1 amide bonds. The number of hydrogen-bond acceptors (Lipinski definition) is 3. The van der Waals surface area contributed by atoms with Crippen LogP contribution in [0.1, 0.15) is 0 Å². The van der Waals surface area contributed by atoms with Gasteiger partial charge in [0, 0.05) is 18.1 Å². The van der Waals surface area contributed by atoms with Crippen LogP contribution in [0.5, 0.6) is 0 Å². The van der Waals surface area contributed by atoms with Crippen LogP contribution in [0.2, 0.25) is 0 Å². The number of benzene rings is 1. The molecule has 0 unspecified atom stereocenters. The maximum atomic E-state index is 13.1. The molecule has 3 aromatic rings. The Morgan fingerprint density at radius 2 is 2.24 bits per heavy atom. The van der Waals surface area contributed by atoms with E-state index >= 15 is 0 Å². The van der Waals surface area contributed by atoms with Crippen molar-refractivity contribution in [2.45, 2.75) is 6.54 Å². The molecule has 3 rings (SSSR count). The highest BCUT2D eigenvalue weighted by atomic mass is 32.1. The van der Waals surface area contributed by atoms with Gasteiger partial charge in [-0.1, -0.05) is 12.1 Å². The standard InChI is InChI=1S/C15H12FN3OS/c16-11-3-1-4-12(9-11)18-14(20)10-19-7-6-17-15(19)13-5-2-8-21-13/h1-9H,10H2,(H,18,20). The van der Waals surface area contributed by atoms with Crippen LogP contribution in [0, 0.1) is 5.82 Å². The number of halogens is 1. The van der Waals surface area contributed by atoms with Crippen LogP contribution < -0.4 is 5.32 Å². The van der Waals surface area contributed by atoms with Crippen molar-refractivity contribution >= 4 is 22.9 Å². The Labute approximate surface area is 124 Å². The Morgan fingerprint density at radius 1 is 1.33 bits per heavy atom. The van der Waals surface area contributed by atoms with Crippen LogP contribution in [-0.4, -0.2) is 15.5 Å². The third-order valence-electron chi connectivity index (χ3n) is 2.88. The number of hydrogen-bond donors (Lipinski definition) is 1. The Balaban J connectivity index is 1.73. The Bertz CT molecular complexity index is 752. The van der Waals surface area contributed by atoms with Crippen molar-refractivity contribution in [3.05, 3.63) is 60.0 Å². The third-order valence-corrected chi connectivity index (χ3v) is 3.75. The summed E-state index contributed by atoms with van der Waals surface area (Å²) >= 11 is 1.56. The van der Waals surface area contributed by atoms with E-state index in [-0.39, 0.29) is 18.3 Å². The van der Waals surface area contributed by atoms with Gasteiger partial charge in [0.1, 0.15) is 18.2 Å². The van der Waals surface area contributed by atoms with E-state index < -0.39 is 0 Å². The number of amides is 1. The summed E-state index contributed by atoms with van der Waals surface area (Å²) in [6.45, 7) is 0.129. The van der Waals surface area contributed by atoms with Crippen molar-refractivity contribution < 1.29 is 9.18 Å². The summed E-state index contributed by atoms with van der Waals surface area (Å²) in [7, 11) is 0. The quantitative estimate of drug-likeness (QED) is 0.803. The van der Waals surface area contributed by atoms with E-state index in [9.17, 15) is 9.18 Å². The molecule has 1 N–H and O–H groups in total. The number of aromatic nitrogens is 2. The summed E-state index contributed by atoms with van der Waals surface area (Å²) in [5, 5.41) is 4.63. The number of nitrogens with zero attached hydrogens (tertiary/aromatic N) is 2. The lowest BCUT2D eigenvalue weighted by Gasteiger charge is -2.08. The SMILES string of the molecule is O=C(Cn1ccnc1-c1cccs1)Nc1cccc(F)c1. The number of nitrogens with one attached hydrogen (secondary N) is 1. The zero-order chi connectivity index (χ0) is 14.7.